The van der Waals surface area contributed by atoms with Crippen LogP contribution in [-0.4, -0.2) is 19.1 Å². The number of carbonyl (C=O) groups excluding carboxylic acids is 2. The molecule has 0 aliphatic rings. The minimum atomic E-state index is -0.376. The number of para-hydroxylation sites is 1. The molecule has 0 atom stereocenters. The van der Waals surface area contributed by atoms with Gasteiger partial charge < -0.3 is 10.1 Å². The smallest absolute Gasteiger partial charge is 0.337 e. The van der Waals surface area contributed by atoms with E-state index >= 15 is 0 Å². The Hall–Kier alpha value is -3.60. The van der Waals surface area contributed by atoms with E-state index in [1.807, 2.05) is 24.3 Å². The summed E-state index contributed by atoms with van der Waals surface area (Å²) in [6, 6.07) is 21.7. The highest BCUT2D eigenvalue weighted by Crippen LogP contribution is 2.33. The number of hydrogen-bond donors (Lipinski definition) is 1. The van der Waals surface area contributed by atoms with E-state index in [1.165, 1.54) is 51.2 Å². The molecule has 3 rings (SSSR count). The lowest BCUT2D eigenvalue weighted by molar-refractivity contribution is 0.0600. The molecule has 0 spiro atoms. The van der Waals surface area contributed by atoms with Crippen molar-refractivity contribution in [2.75, 3.05) is 17.3 Å². The highest BCUT2D eigenvalue weighted by molar-refractivity contribution is 6.02. The molecule has 0 aliphatic heterocycles. The second-order valence-corrected chi connectivity index (χ2v) is 11.5. The predicted molar refractivity (Wildman–Crippen MR) is 171 cm³/mol. The number of aryl methyl sites for hydroxylation is 1. The Bertz CT molecular complexity index is 1220. The van der Waals surface area contributed by atoms with E-state index in [9.17, 15) is 9.59 Å². The van der Waals surface area contributed by atoms with E-state index < -0.39 is 0 Å². The summed E-state index contributed by atoms with van der Waals surface area (Å²) in [4.78, 5) is 27.7. The van der Waals surface area contributed by atoms with Crippen LogP contribution in [0.5, 0.6) is 0 Å². The van der Waals surface area contributed by atoms with Gasteiger partial charge in [0.25, 0.3) is 0 Å². The van der Waals surface area contributed by atoms with E-state index in [4.69, 9.17) is 4.74 Å². The molecule has 0 unspecified atom stereocenters. The van der Waals surface area contributed by atoms with E-state index in [1.54, 1.807) is 17.0 Å². The zero-order chi connectivity index (χ0) is 29.8. The van der Waals surface area contributed by atoms with Crippen molar-refractivity contribution < 1.29 is 14.3 Å². The van der Waals surface area contributed by atoms with Crippen LogP contribution in [0, 0.1) is 0 Å². The Kier molecular flexibility index (Phi) is 12.5. The molecule has 0 aromatic heterocycles. The molecule has 1 N–H and O–H groups in total. The van der Waals surface area contributed by atoms with Crippen LogP contribution in [0.2, 0.25) is 0 Å². The number of carbonyl (C=O) groups is 2. The van der Waals surface area contributed by atoms with Crippen molar-refractivity contribution in [2.45, 2.75) is 97.9 Å². The number of nitrogens with zero attached hydrogens (tertiary/aromatic N) is 1. The van der Waals surface area contributed by atoms with Crippen molar-refractivity contribution >= 4 is 23.4 Å². The summed E-state index contributed by atoms with van der Waals surface area (Å²) < 4.78 is 4.84. The van der Waals surface area contributed by atoms with E-state index in [2.05, 4.69) is 70.3 Å². The number of benzene rings is 3. The highest BCUT2D eigenvalue weighted by atomic mass is 16.5. The molecule has 2 amide bonds. The molecule has 0 saturated carbocycles. The maximum absolute atomic E-state index is 14.0. The fourth-order valence-corrected chi connectivity index (χ4v) is 5.15. The average Bonchev–Trinajstić information content (AvgIpc) is 2.97. The van der Waals surface area contributed by atoms with Gasteiger partial charge in [-0.2, -0.15) is 0 Å². The number of urea groups is 1. The molecule has 3 aromatic carbocycles. The van der Waals surface area contributed by atoms with Crippen LogP contribution in [-0.2, 0) is 17.7 Å². The van der Waals surface area contributed by atoms with Gasteiger partial charge in [0.15, 0.2) is 0 Å². The van der Waals surface area contributed by atoms with Crippen LogP contribution >= 0.6 is 0 Å². The van der Waals surface area contributed by atoms with E-state index in [0.29, 0.717) is 12.1 Å². The maximum atomic E-state index is 14.0. The number of esters is 1. The van der Waals surface area contributed by atoms with Gasteiger partial charge in [0.1, 0.15) is 0 Å². The minimum absolute atomic E-state index is 0.180. The Labute approximate surface area is 247 Å². The second-order valence-electron chi connectivity index (χ2n) is 11.5. The van der Waals surface area contributed by atoms with Gasteiger partial charge in [-0.15, -0.1) is 0 Å². The van der Waals surface area contributed by atoms with Crippen LogP contribution in [0.4, 0.5) is 16.2 Å². The molecule has 220 valence electrons. The zero-order valence-corrected chi connectivity index (χ0v) is 25.8. The number of nitrogens with one attached hydrogen (secondary N) is 1. The Morgan fingerprint density at radius 2 is 1.32 bits per heavy atom. The first kappa shape index (κ1) is 31.9. The van der Waals surface area contributed by atoms with Crippen molar-refractivity contribution in [3.8, 4) is 0 Å². The van der Waals surface area contributed by atoms with Crippen LogP contribution in [0.15, 0.2) is 66.7 Å². The molecule has 5 nitrogen and oxygen atoms in total. The maximum Gasteiger partial charge on any atom is 0.337 e. The monoisotopic (exact) mass is 556 g/mol. The lowest BCUT2D eigenvalue weighted by atomic mass is 9.93. The molecule has 5 heteroatoms. The van der Waals surface area contributed by atoms with Crippen LogP contribution in [0.3, 0.4) is 0 Å². The number of amides is 2. The Morgan fingerprint density at radius 3 is 1.88 bits per heavy atom. The topological polar surface area (TPSA) is 58.6 Å². The third-order valence-corrected chi connectivity index (χ3v) is 7.63. The highest BCUT2D eigenvalue weighted by Gasteiger charge is 2.21. The average molecular weight is 557 g/mol. The molecule has 41 heavy (non-hydrogen) atoms. The van der Waals surface area contributed by atoms with Gasteiger partial charge in [0.05, 0.1) is 19.2 Å². The molecule has 0 radical (unpaired) electrons. The van der Waals surface area contributed by atoms with Gasteiger partial charge in [0, 0.05) is 11.4 Å². The van der Waals surface area contributed by atoms with Gasteiger partial charge in [-0.1, -0.05) is 109 Å². The molecule has 0 fully saturated rings. The normalized spacial score (nSPS) is 11.1. The third-order valence-electron chi connectivity index (χ3n) is 7.63. The van der Waals surface area contributed by atoms with E-state index in [0.717, 1.165) is 34.5 Å². The third kappa shape index (κ3) is 9.21. The summed E-state index contributed by atoms with van der Waals surface area (Å²) >= 11 is 0. The second kappa shape index (κ2) is 16.0. The molecule has 0 bridgehead atoms. The van der Waals surface area contributed by atoms with Crippen molar-refractivity contribution in [1.29, 1.82) is 0 Å². The first-order valence-electron chi connectivity index (χ1n) is 15.2. The van der Waals surface area contributed by atoms with Crippen LogP contribution in [0.25, 0.3) is 0 Å². The summed E-state index contributed by atoms with van der Waals surface area (Å²) in [7, 11) is 1.37. The summed E-state index contributed by atoms with van der Waals surface area (Å²) in [6.45, 7) is 11.2. The van der Waals surface area contributed by atoms with E-state index in [-0.39, 0.29) is 23.8 Å². The molecular weight excluding hydrogens is 508 g/mol. The van der Waals surface area contributed by atoms with Crippen molar-refractivity contribution in [3.63, 3.8) is 0 Å². The quantitative estimate of drug-likeness (QED) is 0.159. The fraction of sp³-hybridized carbons (Fsp3) is 0.444. The molecule has 0 heterocycles. The SMILES string of the molecule is CCCCCCCCc1ccc(N(Cc2ccc(C(=O)OC)cc2)C(=O)Nc2c(C(C)C)cccc2C(C)C)cc1. The largest absolute Gasteiger partial charge is 0.465 e. The lowest BCUT2D eigenvalue weighted by Gasteiger charge is -2.27. The molecule has 0 saturated heterocycles. The standard InChI is InChI=1S/C36H48N2O3/c1-7-8-9-10-11-12-14-28-19-23-31(24-20-28)38(25-29-17-21-30(22-18-29)35(39)41-6)36(40)37-34-32(26(2)3)15-13-16-33(34)27(4)5/h13,15-24,26-27H,7-12,14,25H2,1-6H3,(H,37,40). The first-order valence-corrected chi connectivity index (χ1v) is 15.2. The van der Waals surface area contributed by atoms with Crippen molar-refractivity contribution in [3.05, 3.63) is 94.5 Å². The Morgan fingerprint density at radius 1 is 0.756 bits per heavy atom. The lowest BCUT2D eigenvalue weighted by Crippen LogP contribution is -2.35. The number of unbranched alkanes of at least 4 members (excludes halogenated alkanes) is 5. The van der Waals surface area contributed by atoms with Gasteiger partial charge in [-0.05, 0) is 71.2 Å². The predicted octanol–water partition coefficient (Wildman–Crippen LogP) is 9.86. The first-order chi connectivity index (χ1) is 19.7. The van der Waals surface area contributed by atoms with Crippen molar-refractivity contribution in [1.82, 2.24) is 0 Å². The summed E-state index contributed by atoms with van der Waals surface area (Å²) in [6.07, 6.45) is 8.69. The van der Waals surface area contributed by atoms with Gasteiger partial charge >= 0.3 is 12.0 Å². The zero-order valence-electron chi connectivity index (χ0n) is 25.8. The number of ether oxygens (including phenoxy) is 1. The van der Waals surface area contributed by atoms with Gasteiger partial charge in [-0.25, -0.2) is 9.59 Å². The number of methoxy groups -OCH3 is 1. The summed E-state index contributed by atoms with van der Waals surface area (Å²) in [5.41, 5.74) is 6.68. The van der Waals surface area contributed by atoms with Crippen LogP contribution in [0.1, 0.15) is 118 Å². The molecular formula is C36H48N2O3. The summed E-state index contributed by atoms with van der Waals surface area (Å²) in [5.74, 6) is 0.160. The fourth-order valence-electron chi connectivity index (χ4n) is 5.15. The molecule has 0 aliphatic carbocycles. The minimum Gasteiger partial charge on any atom is -0.465 e. The van der Waals surface area contributed by atoms with Gasteiger partial charge in [0.2, 0.25) is 0 Å². The summed E-state index contributed by atoms with van der Waals surface area (Å²) in [5, 5.41) is 3.29. The molecule has 3 aromatic rings. The number of rotatable bonds is 14. The Balaban J connectivity index is 1.86. The number of hydrogen-bond acceptors (Lipinski definition) is 3. The number of anilines is 2. The van der Waals surface area contributed by atoms with Crippen LogP contribution < -0.4 is 10.2 Å². The van der Waals surface area contributed by atoms with Crippen molar-refractivity contribution in [2.24, 2.45) is 0 Å². The van der Waals surface area contributed by atoms with Gasteiger partial charge in [-0.3, -0.25) is 4.90 Å².